The largest absolute Gasteiger partial charge is 0.256 e. The van der Waals surface area contributed by atoms with Crippen LogP contribution in [0.4, 0.5) is 4.39 Å². The third kappa shape index (κ3) is 8.54. The summed E-state index contributed by atoms with van der Waals surface area (Å²) in [4.78, 5) is 4.67. The van der Waals surface area contributed by atoms with Crippen molar-refractivity contribution in [2.24, 2.45) is 5.92 Å². The van der Waals surface area contributed by atoms with Crippen LogP contribution >= 0.6 is 0 Å². The molecule has 1 heterocycles. The highest BCUT2D eigenvalue weighted by Gasteiger charge is 2.22. The van der Waals surface area contributed by atoms with E-state index in [0.717, 1.165) is 30.0 Å². The van der Waals surface area contributed by atoms with Crippen LogP contribution in [0, 0.1) is 11.7 Å². The average Bonchev–Trinajstić information content (AvgIpc) is 2.85. The van der Waals surface area contributed by atoms with Crippen molar-refractivity contribution in [2.75, 3.05) is 0 Å². The van der Waals surface area contributed by atoms with Crippen LogP contribution < -0.4 is 0 Å². The minimum absolute atomic E-state index is 0.137. The Morgan fingerprint density at radius 1 is 0.788 bits per heavy atom. The fraction of sp³-hybridized carbons (Fsp3) is 0.645. The standard InChI is InChI=1S/C31H46FN/c1-3-5-7-9-10-12-14-26-17-21-29(30(32)23-26)31-22-20-28(24-33-31)27-18-15-25(16-19-27)13-11-8-6-4-2/h17,20-25,27H,3-16,18-19H2,1-2H3/t25-,27-. The summed E-state index contributed by atoms with van der Waals surface area (Å²) in [5, 5.41) is 0. The van der Waals surface area contributed by atoms with E-state index < -0.39 is 0 Å². The highest BCUT2D eigenvalue weighted by molar-refractivity contribution is 5.60. The van der Waals surface area contributed by atoms with Gasteiger partial charge in [0.15, 0.2) is 0 Å². The molecule has 1 aromatic carbocycles. The molecule has 0 radical (unpaired) electrons. The van der Waals surface area contributed by atoms with Gasteiger partial charge in [0.05, 0.1) is 5.69 Å². The van der Waals surface area contributed by atoms with Gasteiger partial charge >= 0.3 is 0 Å². The predicted molar refractivity (Wildman–Crippen MR) is 140 cm³/mol. The Bertz CT molecular complexity index is 789. The summed E-state index contributed by atoms with van der Waals surface area (Å²) in [5.74, 6) is 1.42. The van der Waals surface area contributed by atoms with Crippen molar-refractivity contribution in [1.82, 2.24) is 4.98 Å². The number of hydrogen-bond donors (Lipinski definition) is 0. The first-order chi connectivity index (χ1) is 16.2. The Kier molecular flexibility index (Phi) is 11.4. The monoisotopic (exact) mass is 451 g/mol. The molecule has 0 N–H and O–H groups in total. The van der Waals surface area contributed by atoms with Crippen molar-refractivity contribution < 1.29 is 4.39 Å². The van der Waals surface area contributed by atoms with Crippen LogP contribution in [0.2, 0.25) is 0 Å². The van der Waals surface area contributed by atoms with Crippen LogP contribution in [0.1, 0.15) is 127 Å². The SMILES string of the molecule is CCCCCCCCc1ccc(-c2ccc([C@H]3CC[C@H](CCCCCC)CC3)cn2)c(F)c1. The molecule has 1 aliphatic carbocycles. The van der Waals surface area contributed by atoms with Crippen LogP contribution in [0.3, 0.4) is 0 Å². The summed E-state index contributed by atoms with van der Waals surface area (Å²) in [7, 11) is 0. The number of pyridine rings is 1. The zero-order valence-corrected chi connectivity index (χ0v) is 21.3. The lowest BCUT2D eigenvalue weighted by molar-refractivity contribution is 0.302. The summed E-state index contributed by atoms with van der Waals surface area (Å²) in [6.07, 6.45) is 22.8. The van der Waals surface area contributed by atoms with Gasteiger partial charge in [-0.3, -0.25) is 4.98 Å². The van der Waals surface area contributed by atoms with Gasteiger partial charge < -0.3 is 0 Å². The van der Waals surface area contributed by atoms with Gasteiger partial charge in [-0.1, -0.05) is 90.2 Å². The van der Waals surface area contributed by atoms with Crippen molar-refractivity contribution in [2.45, 2.75) is 122 Å². The van der Waals surface area contributed by atoms with Gasteiger partial charge in [-0.15, -0.1) is 0 Å². The molecule has 0 saturated heterocycles. The number of rotatable bonds is 14. The van der Waals surface area contributed by atoms with E-state index in [0.29, 0.717) is 11.5 Å². The van der Waals surface area contributed by atoms with E-state index in [1.807, 2.05) is 18.3 Å². The van der Waals surface area contributed by atoms with E-state index in [-0.39, 0.29) is 5.82 Å². The number of halogens is 1. The van der Waals surface area contributed by atoms with Crippen LogP contribution in [0.25, 0.3) is 11.3 Å². The normalized spacial score (nSPS) is 18.5. The number of aryl methyl sites for hydroxylation is 1. The summed E-state index contributed by atoms with van der Waals surface area (Å²) in [5.41, 5.74) is 3.83. The van der Waals surface area contributed by atoms with Crippen molar-refractivity contribution >= 4 is 0 Å². The predicted octanol–water partition coefficient (Wildman–Crippen LogP) is 10.0. The fourth-order valence-electron chi connectivity index (χ4n) is 5.48. The zero-order chi connectivity index (χ0) is 23.3. The average molecular weight is 452 g/mol. The van der Waals surface area contributed by atoms with E-state index in [4.69, 9.17) is 0 Å². The molecular formula is C31H46FN. The van der Waals surface area contributed by atoms with Crippen LogP contribution in [-0.2, 0) is 6.42 Å². The Hall–Kier alpha value is -1.70. The second kappa shape index (κ2) is 14.5. The molecule has 33 heavy (non-hydrogen) atoms. The number of nitrogens with zero attached hydrogens (tertiary/aromatic N) is 1. The van der Waals surface area contributed by atoms with Crippen LogP contribution in [0.5, 0.6) is 0 Å². The first-order valence-corrected chi connectivity index (χ1v) is 14.0. The van der Waals surface area contributed by atoms with E-state index in [2.05, 4.69) is 31.0 Å². The molecule has 3 rings (SSSR count). The highest BCUT2D eigenvalue weighted by atomic mass is 19.1. The van der Waals surface area contributed by atoms with Crippen molar-refractivity contribution in [3.05, 3.63) is 53.5 Å². The molecule has 0 atom stereocenters. The summed E-state index contributed by atoms with van der Waals surface area (Å²) < 4.78 is 14.8. The molecule has 0 bridgehead atoms. The lowest BCUT2D eigenvalue weighted by Crippen LogP contribution is -2.13. The Labute approximate surface area is 202 Å². The zero-order valence-electron chi connectivity index (χ0n) is 21.3. The first kappa shape index (κ1) is 25.9. The maximum absolute atomic E-state index is 14.8. The van der Waals surface area contributed by atoms with Gasteiger partial charge in [-0.25, -0.2) is 4.39 Å². The molecular weight excluding hydrogens is 405 g/mol. The van der Waals surface area contributed by atoms with Gasteiger partial charge in [-0.2, -0.15) is 0 Å². The summed E-state index contributed by atoms with van der Waals surface area (Å²) in [6, 6.07) is 9.95. The van der Waals surface area contributed by atoms with Crippen molar-refractivity contribution in [3.8, 4) is 11.3 Å². The number of aromatic nitrogens is 1. The Morgan fingerprint density at radius 2 is 1.48 bits per heavy atom. The quantitative estimate of drug-likeness (QED) is 0.260. The van der Waals surface area contributed by atoms with Crippen LogP contribution in [-0.4, -0.2) is 4.98 Å². The number of benzene rings is 1. The topological polar surface area (TPSA) is 12.9 Å². The molecule has 1 nitrogen and oxygen atoms in total. The molecule has 182 valence electrons. The van der Waals surface area contributed by atoms with Gasteiger partial charge in [0, 0.05) is 11.8 Å². The molecule has 0 aliphatic heterocycles. The third-order valence-electron chi connectivity index (χ3n) is 7.70. The fourth-order valence-corrected chi connectivity index (χ4v) is 5.48. The van der Waals surface area contributed by atoms with Crippen molar-refractivity contribution in [3.63, 3.8) is 0 Å². The van der Waals surface area contributed by atoms with Crippen molar-refractivity contribution in [1.29, 1.82) is 0 Å². The molecule has 1 saturated carbocycles. The third-order valence-corrected chi connectivity index (χ3v) is 7.70. The van der Waals surface area contributed by atoms with Gasteiger partial charge in [0.2, 0.25) is 0 Å². The Morgan fingerprint density at radius 3 is 2.15 bits per heavy atom. The van der Waals surface area contributed by atoms with Gasteiger partial charge in [-0.05, 0) is 79.7 Å². The summed E-state index contributed by atoms with van der Waals surface area (Å²) in [6.45, 7) is 4.53. The molecule has 1 aliphatic rings. The minimum atomic E-state index is -0.137. The highest BCUT2D eigenvalue weighted by Crippen LogP contribution is 2.38. The van der Waals surface area contributed by atoms with E-state index in [1.165, 1.54) is 95.5 Å². The molecule has 0 amide bonds. The number of unbranched alkanes of at least 4 members (excludes halogenated alkanes) is 8. The first-order valence-electron chi connectivity index (χ1n) is 14.0. The van der Waals surface area contributed by atoms with E-state index >= 15 is 0 Å². The van der Waals surface area contributed by atoms with E-state index in [1.54, 1.807) is 6.07 Å². The maximum Gasteiger partial charge on any atom is 0.132 e. The van der Waals surface area contributed by atoms with E-state index in [9.17, 15) is 4.39 Å². The number of hydrogen-bond acceptors (Lipinski definition) is 1. The van der Waals surface area contributed by atoms with Gasteiger partial charge in [0.25, 0.3) is 0 Å². The molecule has 1 fully saturated rings. The lowest BCUT2D eigenvalue weighted by atomic mass is 9.77. The summed E-state index contributed by atoms with van der Waals surface area (Å²) >= 11 is 0. The maximum atomic E-state index is 14.8. The second-order valence-corrected chi connectivity index (χ2v) is 10.4. The molecule has 2 aromatic rings. The van der Waals surface area contributed by atoms with Gasteiger partial charge in [0.1, 0.15) is 5.82 Å². The smallest absolute Gasteiger partial charge is 0.132 e. The lowest BCUT2D eigenvalue weighted by Gasteiger charge is -2.28. The molecule has 0 spiro atoms. The Balaban J connectivity index is 1.47. The minimum Gasteiger partial charge on any atom is -0.256 e. The molecule has 1 aromatic heterocycles. The van der Waals surface area contributed by atoms with Crippen LogP contribution in [0.15, 0.2) is 36.5 Å². The second-order valence-electron chi connectivity index (χ2n) is 10.4. The molecule has 0 unspecified atom stereocenters. The molecule has 2 heteroatoms.